The monoisotopic (exact) mass is 224 g/mol. The standard InChI is InChI=1S/C11H16N2O3/c1-9-10(3-2-4-12-9)11(16)13(5-7-14)6-8-15/h2-4,14-15H,5-8H2,1H3. The fraction of sp³-hybridized carbons (Fsp3) is 0.455. The summed E-state index contributed by atoms with van der Waals surface area (Å²) in [5.74, 6) is -0.214. The van der Waals surface area contributed by atoms with Crippen LogP contribution < -0.4 is 0 Å². The van der Waals surface area contributed by atoms with E-state index in [-0.39, 0.29) is 32.2 Å². The van der Waals surface area contributed by atoms with Crippen LogP contribution in [0.1, 0.15) is 16.1 Å². The molecular formula is C11H16N2O3. The Morgan fingerprint density at radius 1 is 1.38 bits per heavy atom. The van der Waals surface area contributed by atoms with E-state index in [9.17, 15) is 4.79 Å². The highest BCUT2D eigenvalue weighted by molar-refractivity contribution is 5.95. The van der Waals surface area contributed by atoms with Crippen molar-refractivity contribution in [3.8, 4) is 0 Å². The summed E-state index contributed by atoms with van der Waals surface area (Å²) < 4.78 is 0. The predicted octanol–water partition coefficient (Wildman–Crippen LogP) is -0.183. The van der Waals surface area contributed by atoms with Gasteiger partial charge >= 0.3 is 0 Å². The van der Waals surface area contributed by atoms with Gasteiger partial charge in [0, 0.05) is 25.0 Å². The third kappa shape index (κ3) is 3.01. The van der Waals surface area contributed by atoms with Gasteiger partial charge in [-0.05, 0) is 19.1 Å². The highest BCUT2D eigenvalue weighted by atomic mass is 16.3. The Bertz CT molecular complexity index is 349. The van der Waals surface area contributed by atoms with Crippen molar-refractivity contribution in [2.24, 2.45) is 0 Å². The summed E-state index contributed by atoms with van der Waals surface area (Å²) in [7, 11) is 0. The number of aromatic nitrogens is 1. The fourth-order valence-electron chi connectivity index (χ4n) is 1.44. The van der Waals surface area contributed by atoms with Crippen LogP contribution in [0.4, 0.5) is 0 Å². The molecule has 0 aliphatic carbocycles. The lowest BCUT2D eigenvalue weighted by molar-refractivity contribution is 0.0683. The predicted molar refractivity (Wildman–Crippen MR) is 59.0 cm³/mol. The molecule has 5 heteroatoms. The Labute approximate surface area is 94.4 Å². The average Bonchev–Trinajstić information content (AvgIpc) is 2.28. The minimum Gasteiger partial charge on any atom is -0.395 e. The molecule has 0 aromatic carbocycles. The molecule has 0 saturated heterocycles. The maximum atomic E-state index is 12.0. The third-order valence-electron chi connectivity index (χ3n) is 2.26. The molecule has 88 valence electrons. The van der Waals surface area contributed by atoms with Crippen molar-refractivity contribution in [1.82, 2.24) is 9.88 Å². The van der Waals surface area contributed by atoms with Gasteiger partial charge in [-0.1, -0.05) is 0 Å². The second-order valence-corrected chi connectivity index (χ2v) is 3.38. The molecule has 0 spiro atoms. The molecule has 0 unspecified atom stereocenters. The smallest absolute Gasteiger partial charge is 0.255 e. The highest BCUT2D eigenvalue weighted by Gasteiger charge is 2.16. The van der Waals surface area contributed by atoms with Crippen LogP contribution in [0.5, 0.6) is 0 Å². The minimum atomic E-state index is -0.214. The van der Waals surface area contributed by atoms with Gasteiger partial charge in [-0.3, -0.25) is 9.78 Å². The summed E-state index contributed by atoms with van der Waals surface area (Å²) in [5, 5.41) is 17.7. The van der Waals surface area contributed by atoms with Crippen LogP contribution in [0.3, 0.4) is 0 Å². The topological polar surface area (TPSA) is 73.7 Å². The van der Waals surface area contributed by atoms with Gasteiger partial charge < -0.3 is 15.1 Å². The molecule has 0 aliphatic heterocycles. The maximum Gasteiger partial charge on any atom is 0.255 e. The molecule has 1 heterocycles. The first-order chi connectivity index (χ1) is 7.70. The second-order valence-electron chi connectivity index (χ2n) is 3.38. The normalized spacial score (nSPS) is 10.2. The fourth-order valence-corrected chi connectivity index (χ4v) is 1.44. The van der Waals surface area contributed by atoms with Crippen LogP contribution in [0, 0.1) is 6.92 Å². The summed E-state index contributed by atoms with van der Waals surface area (Å²) in [5.41, 5.74) is 1.15. The first kappa shape index (κ1) is 12.6. The Morgan fingerprint density at radius 3 is 2.50 bits per heavy atom. The van der Waals surface area contributed by atoms with Gasteiger partial charge in [0.2, 0.25) is 0 Å². The van der Waals surface area contributed by atoms with Gasteiger partial charge in [0.25, 0.3) is 5.91 Å². The number of carbonyl (C=O) groups is 1. The Kier molecular flexibility index (Phi) is 4.88. The van der Waals surface area contributed by atoms with Crippen molar-refractivity contribution in [3.05, 3.63) is 29.6 Å². The number of hydrogen-bond acceptors (Lipinski definition) is 4. The van der Waals surface area contributed by atoms with Crippen molar-refractivity contribution in [2.75, 3.05) is 26.3 Å². The van der Waals surface area contributed by atoms with Crippen LogP contribution >= 0.6 is 0 Å². The number of amides is 1. The zero-order valence-electron chi connectivity index (χ0n) is 9.26. The van der Waals surface area contributed by atoms with Gasteiger partial charge in [-0.15, -0.1) is 0 Å². The van der Waals surface area contributed by atoms with Crippen LogP contribution in [0.2, 0.25) is 0 Å². The summed E-state index contributed by atoms with van der Waals surface area (Å²) in [6.07, 6.45) is 1.62. The molecule has 16 heavy (non-hydrogen) atoms. The first-order valence-electron chi connectivity index (χ1n) is 5.13. The van der Waals surface area contributed by atoms with E-state index in [4.69, 9.17) is 10.2 Å². The SMILES string of the molecule is Cc1ncccc1C(=O)N(CCO)CCO. The summed E-state index contributed by atoms with van der Waals surface area (Å²) in [4.78, 5) is 17.4. The Balaban J connectivity index is 2.85. The molecule has 0 saturated carbocycles. The number of aryl methyl sites for hydroxylation is 1. The molecule has 5 nitrogen and oxygen atoms in total. The van der Waals surface area contributed by atoms with E-state index in [1.54, 1.807) is 25.3 Å². The minimum absolute atomic E-state index is 0.120. The third-order valence-corrected chi connectivity index (χ3v) is 2.26. The lowest BCUT2D eigenvalue weighted by Gasteiger charge is -2.21. The number of carbonyl (C=O) groups excluding carboxylic acids is 1. The lowest BCUT2D eigenvalue weighted by atomic mass is 10.2. The molecule has 0 bridgehead atoms. The van der Waals surface area contributed by atoms with Crippen molar-refractivity contribution in [3.63, 3.8) is 0 Å². The van der Waals surface area contributed by atoms with Gasteiger partial charge in [-0.25, -0.2) is 0 Å². The van der Waals surface area contributed by atoms with Crippen molar-refractivity contribution in [2.45, 2.75) is 6.92 Å². The van der Waals surface area contributed by atoms with Crippen molar-refractivity contribution >= 4 is 5.91 Å². The van der Waals surface area contributed by atoms with E-state index in [1.807, 2.05) is 0 Å². The Hall–Kier alpha value is -1.46. The highest BCUT2D eigenvalue weighted by Crippen LogP contribution is 2.07. The summed E-state index contributed by atoms with van der Waals surface area (Å²) >= 11 is 0. The van der Waals surface area contributed by atoms with E-state index < -0.39 is 0 Å². The second kappa shape index (κ2) is 6.19. The van der Waals surface area contributed by atoms with E-state index in [0.717, 1.165) is 0 Å². The lowest BCUT2D eigenvalue weighted by Crippen LogP contribution is -2.36. The van der Waals surface area contributed by atoms with Crippen LogP contribution in [-0.4, -0.2) is 52.3 Å². The number of rotatable bonds is 5. The van der Waals surface area contributed by atoms with E-state index in [2.05, 4.69) is 4.98 Å². The molecule has 1 aromatic rings. The molecule has 1 rings (SSSR count). The molecule has 1 aromatic heterocycles. The molecule has 0 radical (unpaired) electrons. The number of nitrogens with zero attached hydrogens (tertiary/aromatic N) is 2. The van der Waals surface area contributed by atoms with Gasteiger partial charge in [0.1, 0.15) is 0 Å². The quantitative estimate of drug-likeness (QED) is 0.727. The molecule has 2 N–H and O–H groups in total. The number of aliphatic hydroxyl groups excluding tert-OH is 2. The van der Waals surface area contributed by atoms with Gasteiger partial charge in [0.05, 0.1) is 18.8 Å². The van der Waals surface area contributed by atoms with Gasteiger partial charge in [0.15, 0.2) is 0 Å². The molecule has 0 fully saturated rings. The average molecular weight is 224 g/mol. The zero-order chi connectivity index (χ0) is 12.0. The summed E-state index contributed by atoms with van der Waals surface area (Å²) in [6.45, 7) is 1.95. The molecule has 0 aliphatic rings. The van der Waals surface area contributed by atoms with E-state index >= 15 is 0 Å². The Morgan fingerprint density at radius 2 is 2.00 bits per heavy atom. The van der Waals surface area contributed by atoms with Crippen LogP contribution in [-0.2, 0) is 0 Å². The van der Waals surface area contributed by atoms with Crippen LogP contribution in [0.15, 0.2) is 18.3 Å². The zero-order valence-corrected chi connectivity index (χ0v) is 9.26. The summed E-state index contributed by atoms with van der Waals surface area (Å²) in [6, 6.07) is 3.38. The van der Waals surface area contributed by atoms with Crippen molar-refractivity contribution in [1.29, 1.82) is 0 Å². The largest absolute Gasteiger partial charge is 0.395 e. The van der Waals surface area contributed by atoms with Crippen LogP contribution in [0.25, 0.3) is 0 Å². The first-order valence-corrected chi connectivity index (χ1v) is 5.13. The number of aliphatic hydroxyl groups is 2. The molecule has 1 amide bonds. The molecule has 0 atom stereocenters. The number of pyridine rings is 1. The maximum absolute atomic E-state index is 12.0. The number of hydrogen-bond donors (Lipinski definition) is 2. The van der Waals surface area contributed by atoms with E-state index in [0.29, 0.717) is 11.3 Å². The van der Waals surface area contributed by atoms with Gasteiger partial charge in [-0.2, -0.15) is 0 Å². The van der Waals surface area contributed by atoms with E-state index in [1.165, 1.54) is 4.90 Å². The molecular weight excluding hydrogens is 208 g/mol. The van der Waals surface area contributed by atoms with Crippen molar-refractivity contribution < 1.29 is 15.0 Å².